The van der Waals surface area contributed by atoms with Crippen LogP contribution < -0.4 is 10.1 Å². The van der Waals surface area contributed by atoms with Gasteiger partial charge in [-0.25, -0.2) is 9.78 Å². The molecule has 0 fully saturated rings. The van der Waals surface area contributed by atoms with Crippen LogP contribution in [-0.4, -0.2) is 27.7 Å². The number of imidazole rings is 1. The molecule has 0 aliphatic carbocycles. The number of carbonyl (C=O) groups is 1. The Morgan fingerprint density at radius 3 is 2.96 bits per heavy atom. The number of para-hydroxylation sites is 1. The fourth-order valence-electron chi connectivity index (χ4n) is 2.06. The van der Waals surface area contributed by atoms with E-state index >= 15 is 0 Å². The van der Waals surface area contributed by atoms with Gasteiger partial charge in [0, 0.05) is 6.07 Å². The average molecular weight is 312 g/mol. The molecule has 2 heterocycles. The lowest BCUT2D eigenvalue weighted by atomic mass is 10.2. The van der Waals surface area contributed by atoms with Gasteiger partial charge in [-0.1, -0.05) is 18.2 Å². The molecule has 0 radical (unpaired) electrons. The molecule has 118 valence electrons. The van der Waals surface area contributed by atoms with E-state index in [-0.39, 0.29) is 5.95 Å². The van der Waals surface area contributed by atoms with E-state index < -0.39 is 6.09 Å². The number of fused-ring (bicyclic) bond motifs is 1. The predicted octanol–water partition coefficient (Wildman–Crippen LogP) is 3.63. The summed E-state index contributed by atoms with van der Waals surface area (Å²) in [5.41, 5.74) is 2.17. The molecule has 2 N–H and O–H groups in total. The molecule has 0 atom stereocenters. The second-order valence-corrected chi connectivity index (χ2v) is 4.84. The highest BCUT2D eigenvalue weighted by atomic mass is 16.5. The molecule has 2 aromatic heterocycles. The molecule has 23 heavy (non-hydrogen) atoms. The number of nitrogens with zero attached hydrogens (tertiary/aromatic N) is 2. The van der Waals surface area contributed by atoms with E-state index in [1.54, 1.807) is 19.2 Å². The molecule has 1 amide bonds. The van der Waals surface area contributed by atoms with Crippen LogP contribution in [0.2, 0.25) is 0 Å². The number of carbonyl (C=O) groups excluding carboxylic acids is 1. The van der Waals surface area contributed by atoms with Crippen LogP contribution in [0, 0.1) is 6.92 Å². The minimum absolute atomic E-state index is 0.277. The van der Waals surface area contributed by atoms with Crippen LogP contribution in [0.3, 0.4) is 0 Å². The van der Waals surface area contributed by atoms with Crippen molar-refractivity contribution in [2.75, 3.05) is 11.9 Å². The summed E-state index contributed by atoms with van der Waals surface area (Å²) in [5, 5.41) is 2.50. The van der Waals surface area contributed by atoms with Crippen molar-refractivity contribution in [3.63, 3.8) is 0 Å². The normalized spacial score (nSPS) is 10.5. The van der Waals surface area contributed by atoms with Crippen LogP contribution in [0.15, 0.2) is 36.5 Å². The van der Waals surface area contributed by atoms with Crippen LogP contribution in [-0.2, 0) is 4.74 Å². The Morgan fingerprint density at radius 2 is 2.17 bits per heavy atom. The van der Waals surface area contributed by atoms with Crippen LogP contribution in [0.1, 0.15) is 12.5 Å². The number of pyridine rings is 1. The van der Waals surface area contributed by atoms with Crippen molar-refractivity contribution >= 4 is 23.2 Å². The van der Waals surface area contributed by atoms with E-state index in [9.17, 15) is 4.79 Å². The highest BCUT2D eigenvalue weighted by Gasteiger charge is 2.09. The molecule has 1 aromatic carbocycles. The number of aromatic nitrogens is 3. The quantitative estimate of drug-likeness (QED) is 0.768. The standard InChI is InChI=1S/C16H16N4O3/c1-3-22-16(21)20-15-18-12-8-11(9-17-14(12)19-15)23-13-7-5-4-6-10(13)2/h4-9H,3H2,1-2H3,(H2,17,18,19,20,21). The maximum Gasteiger partial charge on any atom is 0.413 e. The molecule has 7 nitrogen and oxygen atoms in total. The maximum absolute atomic E-state index is 11.4. The summed E-state index contributed by atoms with van der Waals surface area (Å²) in [4.78, 5) is 22.7. The van der Waals surface area contributed by atoms with Gasteiger partial charge in [0.15, 0.2) is 5.65 Å². The van der Waals surface area contributed by atoms with Gasteiger partial charge in [0.1, 0.15) is 11.5 Å². The lowest BCUT2D eigenvalue weighted by Crippen LogP contribution is -2.14. The number of aromatic amines is 1. The van der Waals surface area contributed by atoms with Crippen molar-refractivity contribution in [2.45, 2.75) is 13.8 Å². The second-order valence-electron chi connectivity index (χ2n) is 4.84. The topological polar surface area (TPSA) is 89.1 Å². The minimum atomic E-state index is -0.567. The summed E-state index contributed by atoms with van der Waals surface area (Å²) >= 11 is 0. The first kappa shape index (κ1) is 14.8. The number of ether oxygens (including phenoxy) is 2. The summed E-state index contributed by atoms with van der Waals surface area (Å²) in [6, 6.07) is 9.49. The molecule has 3 aromatic rings. The first-order chi connectivity index (χ1) is 11.2. The summed E-state index contributed by atoms with van der Waals surface area (Å²) in [5.74, 6) is 1.62. The third kappa shape index (κ3) is 3.39. The van der Waals surface area contributed by atoms with E-state index in [1.807, 2.05) is 31.2 Å². The first-order valence-corrected chi connectivity index (χ1v) is 7.18. The van der Waals surface area contributed by atoms with Gasteiger partial charge >= 0.3 is 6.09 Å². The number of hydrogen-bond donors (Lipinski definition) is 2. The molecule has 0 unspecified atom stereocenters. The third-order valence-electron chi connectivity index (χ3n) is 3.13. The molecule has 7 heteroatoms. The maximum atomic E-state index is 11.4. The fourth-order valence-corrected chi connectivity index (χ4v) is 2.06. The van der Waals surface area contributed by atoms with Gasteiger partial charge in [-0.2, -0.15) is 4.98 Å². The first-order valence-electron chi connectivity index (χ1n) is 7.18. The molecule has 0 aliphatic rings. The molecule has 0 saturated carbocycles. The zero-order valence-electron chi connectivity index (χ0n) is 12.8. The highest BCUT2D eigenvalue weighted by Crippen LogP contribution is 2.26. The summed E-state index contributed by atoms with van der Waals surface area (Å²) in [6.45, 7) is 3.99. The smallest absolute Gasteiger partial charge is 0.413 e. The van der Waals surface area contributed by atoms with Crippen LogP contribution in [0.25, 0.3) is 11.2 Å². The average Bonchev–Trinajstić information content (AvgIpc) is 2.91. The van der Waals surface area contributed by atoms with Gasteiger partial charge in [-0.15, -0.1) is 0 Å². The van der Waals surface area contributed by atoms with E-state index in [1.165, 1.54) is 0 Å². The molecule has 0 bridgehead atoms. The highest BCUT2D eigenvalue weighted by molar-refractivity contribution is 5.85. The lowest BCUT2D eigenvalue weighted by molar-refractivity contribution is 0.167. The molecule has 0 aliphatic heterocycles. The molecule has 0 spiro atoms. The Labute approximate surface area is 132 Å². The number of nitrogens with one attached hydrogen (secondary N) is 2. The molecule has 0 saturated heterocycles. The summed E-state index contributed by atoms with van der Waals surface area (Å²) in [7, 11) is 0. The summed E-state index contributed by atoms with van der Waals surface area (Å²) < 4.78 is 10.6. The largest absolute Gasteiger partial charge is 0.455 e. The van der Waals surface area contributed by atoms with Crippen molar-refractivity contribution in [2.24, 2.45) is 0 Å². The summed E-state index contributed by atoms with van der Waals surface area (Å²) in [6.07, 6.45) is 1.02. The van der Waals surface area contributed by atoms with Gasteiger partial charge < -0.3 is 14.5 Å². The predicted molar refractivity (Wildman–Crippen MR) is 85.8 cm³/mol. The lowest BCUT2D eigenvalue weighted by Gasteiger charge is -2.07. The van der Waals surface area contributed by atoms with Gasteiger partial charge in [-0.3, -0.25) is 5.32 Å². The number of anilines is 1. The number of amides is 1. The zero-order valence-corrected chi connectivity index (χ0v) is 12.8. The van der Waals surface area contributed by atoms with E-state index in [0.29, 0.717) is 23.5 Å². The van der Waals surface area contributed by atoms with E-state index in [0.717, 1.165) is 11.3 Å². The SMILES string of the molecule is CCOC(=O)Nc1nc2ncc(Oc3ccccc3C)cc2[nH]1. The van der Waals surface area contributed by atoms with Crippen molar-refractivity contribution in [1.29, 1.82) is 0 Å². The monoisotopic (exact) mass is 312 g/mol. The second kappa shape index (κ2) is 6.35. The molecular formula is C16H16N4O3. The third-order valence-corrected chi connectivity index (χ3v) is 3.13. The van der Waals surface area contributed by atoms with Crippen LogP contribution in [0.5, 0.6) is 11.5 Å². The zero-order chi connectivity index (χ0) is 16.2. The molecule has 3 rings (SSSR count). The number of rotatable bonds is 4. The Kier molecular flexibility index (Phi) is 4.09. The van der Waals surface area contributed by atoms with E-state index in [2.05, 4.69) is 20.3 Å². The van der Waals surface area contributed by atoms with Gasteiger partial charge in [0.2, 0.25) is 5.95 Å². The van der Waals surface area contributed by atoms with Crippen LogP contribution >= 0.6 is 0 Å². The van der Waals surface area contributed by atoms with Gasteiger partial charge in [-0.05, 0) is 25.5 Å². The van der Waals surface area contributed by atoms with Crippen molar-refractivity contribution in [3.8, 4) is 11.5 Å². The van der Waals surface area contributed by atoms with Crippen molar-refractivity contribution < 1.29 is 14.3 Å². The Hall–Kier alpha value is -3.09. The number of hydrogen-bond acceptors (Lipinski definition) is 5. The van der Waals surface area contributed by atoms with Crippen molar-refractivity contribution in [1.82, 2.24) is 15.0 Å². The van der Waals surface area contributed by atoms with Gasteiger partial charge in [0.05, 0.1) is 18.3 Å². The van der Waals surface area contributed by atoms with Crippen LogP contribution in [0.4, 0.5) is 10.7 Å². The fraction of sp³-hybridized carbons (Fsp3) is 0.188. The molecular weight excluding hydrogens is 296 g/mol. The number of H-pyrrole nitrogens is 1. The number of benzene rings is 1. The Morgan fingerprint density at radius 1 is 1.35 bits per heavy atom. The van der Waals surface area contributed by atoms with E-state index in [4.69, 9.17) is 9.47 Å². The number of aryl methyl sites for hydroxylation is 1. The van der Waals surface area contributed by atoms with Gasteiger partial charge in [0.25, 0.3) is 0 Å². The minimum Gasteiger partial charge on any atom is -0.455 e. The Balaban J connectivity index is 1.82. The van der Waals surface area contributed by atoms with Crippen molar-refractivity contribution in [3.05, 3.63) is 42.1 Å². The Bertz CT molecular complexity index is 844.